The van der Waals surface area contributed by atoms with Gasteiger partial charge in [-0.3, -0.25) is 0 Å². The minimum absolute atomic E-state index is 0.323. The van der Waals surface area contributed by atoms with Crippen LogP contribution in [0.2, 0.25) is 0 Å². The molecule has 2 heterocycles. The van der Waals surface area contributed by atoms with Crippen LogP contribution in [0.15, 0.2) is 40.8 Å². The summed E-state index contributed by atoms with van der Waals surface area (Å²) in [5.41, 5.74) is 1.85. The molecular formula is C15H10FNO3. The van der Waals surface area contributed by atoms with E-state index in [2.05, 4.69) is 4.98 Å². The lowest BCUT2D eigenvalue weighted by atomic mass is 10.2. The number of hydrogen-bond acceptors (Lipinski definition) is 4. The van der Waals surface area contributed by atoms with Crippen LogP contribution in [0, 0.1) is 5.82 Å². The minimum Gasteiger partial charge on any atom is -0.486 e. The fraction of sp³-hybridized carbons (Fsp3) is 0.133. The van der Waals surface area contributed by atoms with Crippen LogP contribution >= 0.6 is 0 Å². The largest absolute Gasteiger partial charge is 0.486 e. The molecule has 4 nitrogen and oxygen atoms in total. The number of ether oxygens (including phenoxy) is 2. The summed E-state index contributed by atoms with van der Waals surface area (Å²) < 4.78 is 29.9. The molecule has 5 heteroatoms. The zero-order valence-electron chi connectivity index (χ0n) is 10.4. The van der Waals surface area contributed by atoms with Crippen LogP contribution in [0.4, 0.5) is 4.39 Å². The third-order valence-electron chi connectivity index (χ3n) is 3.12. The van der Waals surface area contributed by atoms with E-state index in [9.17, 15) is 4.39 Å². The molecule has 4 rings (SSSR count). The van der Waals surface area contributed by atoms with Gasteiger partial charge >= 0.3 is 0 Å². The Bertz CT molecular complexity index is 754. The van der Waals surface area contributed by atoms with Crippen LogP contribution in [-0.2, 0) is 0 Å². The first-order valence-electron chi connectivity index (χ1n) is 6.26. The number of nitrogens with zero attached hydrogens (tertiary/aromatic N) is 1. The van der Waals surface area contributed by atoms with E-state index in [-0.39, 0.29) is 5.82 Å². The van der Waals surface area contributed by atoms with Crippen molar-refractivity contribution in [1.29, 1.82) is 0 Å². The smallest absolute Gasteiger partial charge is 0.227 e. The fourth-order valence-corrected chi connectivity index (χ4v) is 2.21. The molecule has 20 heavy (non-hydrogen) atoms. The molecule has 0 atom stereocenters. The molecule has 1 aliphatic heterocycles. The van der Waals surface area contributed by atoms with Gasteiger partial charge < -0.3 is 13.9 Å². The Morgan fingerprint density at radius 3 is 2.60 bits per heavy atom. The third-order valence-corrected chi connectivity index (χ3v) is 3.12. The molecule has 0 saturated heterocycles. The molecule has 0 unspecified atom stereocenters. The molecule has 0 spiro atoms. The first kappa shape index (κ1) is 11.3. The average molecular weight is 271 g/mol. The van der Waals surface area contributed by atoms with E-state index in [0.717, 1.165) is 0 Å². The van der Waals surface area contributed by atoms with Crippen molar-refractivity contribution in [1.82, 2.24) is 4.98 Å². The maximum Gasteiger partial charge on any atom is 0.227 e. The molecule has 0 aliphatic carbocycles. The van der Waals surface area contributed by atoms with Crippen molar-refractivity contribution in [3.05, 3.63) is 42.2 Å². The first-order valence-corrected chi connectivity index (χ1v) is 6.26. The van der Waals surface area contributed by atoms with Gasteiger partial charge in [-0.15, -0.1) is 0 Å². The van der Waals surface area contributed by atoms with E-state index in [1.54, 1.807) is 24.3 Å². The molecule has 0 bridgehead atoms. The molecule has 2 aromatic carbocycles. The van der Waals surface area contributed by atoms with Crippen LogP contribution < -0.4 is 9.47 Å². The van der Waals surface area contributed by atoms with Crippen molar-refractivity contribution >= 4 is 11.1 Å². The summed E-state index contributed by atoms with van der Waals surface area (Å²) >= 11 is 0. The number of halogens is 1. The van der Waals surface area contributed by atoms with Crippen molar-refractivity contribution in [3.8, 4) is 23.0 Å². The van der Waals surface area contributed by atoms with E-state index >= 15 is 0 Å². The van der Waals surface area contributed by atoms with Crippen molar-refractivity contribution < 1.29 is 18.3 Å². The van der Waals surface area contributed by atoms with Crippen LogP contribution in [0.5, 0.6) is 11.5 Å². The maximum atomic E-state index is 13.2. The van der Waals surface area contributed by atoms with Crippen LogP contribution in [-0.4, -0.2) is 18.2 Å². The van der Waals surface area contributed by atoms with Gasteiger partial charge in [-0.05, 0) is 18.2 Å². The summed E-state index contributed by atoms with van der Waals surface area (Å²) in [6.45, 7) is 1.04. The Balaban J connectivity index is 1.86. The number of aromatic nitrogens is 1. The molecule has 0 saturated carbocycles. The summed E-state index contributed by atoms with van der Waals surface area (Å²) in [6, 6.07) is 9.66. The Kier molecular flexibility index (Phi) is 2.39. The normalized spacial score (nSPS) is 13.7. The number of oxazole rings is 1. The van der Waals surface area contributed by atoms with E-state index in [1.165, 1.54) is 12.1 Å². The molecular weight excluding hydrogens is 261 g/mol. The van der Waals surface area contributed by atoms with Crippen LogP contribution in [0.3, 0.4) is 0 Å². The lowest BCUT2D eigenvalue weighted by molar-refractivity contribution is 0.172. The highest BCUT2D eigenvalue weighted by Gasteiger charge is 2.16. The average Bonchev–Trinajstić information content (AvgIpc) is 2.87. The lowest BCUT2D eigenvalue weighted by Crippen LogP contribution is -2.15. The number of fused-ring (bicyclic) bond motifs is 2. The predicted octanol–water partition coefficient (Wildman–Crippen LogP) is 3.41. The zero-order valence-corrected chi connectivity index (χ0v) is 10.4. The minimum atomic E-state index is -0.323. The van der Waals surface area contributed by atoms with Gasteiger partial charge in [0.15, 0.2) is 17.1 Å². The summed E-state index contributed by atoms with van der Waals surface area (Å²) in [4.78, 5) is 4.36. The van der Waals surface area contributed by atoms with Gasteiger partial charge in [0.1, 0.15) is 24.5 Å². The van der Waals surface area contributed by atoms with E-state index in [1.807, 2.05) is 0 Å². The fourth-order valence-electron chi connectivity index (χ4n) is 2.21. The molecule has 100 valence electrons. The Morgan fingerprint density at radius 1 is 1.00 bits per heavy atom. The van der Waals surface area contributed by atoms with Gasteiger partial charge in [0.05, 0.1) is 0 Å². The van der Waals surface area contributed by atoms with E-state index < -0.39 is 0 Å². The lowest BCUT2D eigenvalue weighted by Gasteiger charge is -2.17. The summed E-state index contributed by atoms with van der Waals surface area (Å²) in [6.07, 6.45) is 0. The monoisotopic (exact) mass is 271 g/mol. The summed E-state index contributed by atoms with van der Waals surface area (Å²) in [5.74, 6) is 1.35. The van der Waals surface area contributed by atoms with E-state index in [4.69, 9.17) is 13.9 Å². The molecule has 0 radical (unpaired) electrons. The van der Waals surface area contributed by atoms with Crippen molar-refractivity contribution in [2.75, 3.05) is 13.2 Å². The van der Waals surface area contributed by atoms with Crippen LogP contribution in [0.1, 0.15) is 0 Å². The van der Waals surface area contributed by atoms with E-state index in [0.29, 0.717) is 47.3 Å². The molecule has 0 N–H and O–H groups in total. The highest BCUT2D eigenvalue weighted by Crippen LogP contribution is 2.36. The summed E-state index contributed by atoms with van der Waals surface area (Å²) in [7, 11) is 0. The predicted molar refractivity (Wildman–Crippen MR) is 70.4 cm³/mol. The topological polar surface area (TPSA) is 44.5 Å². The van der Waals surface area contributed by atoms with Gasteiger partial charge in [0.2, 0.25) is 5.89 Å². The second-order valence-electron chi connectivity index (χ2n) is 4.49. The molecule has 3 aromatic rings. The van der Waals surface area contributed by atoms with Gasteiger partial charge in [-0.2, -0.15) is 0 Å². The Labute approximate surface area is 113 Å². The second kappa shape index (κ2) is 4.23. The molecule has 0 fully saturated rings. The zero-order chi connectivity index (χ0) is 13.5. The molecule has 1 aliphatic rings. The number of hydrogen-bond donors (Lipinski definition) is 0. The Morgan fingerprint density at radius 2 is 1.80 bits per heavy atom. The number of rotatable bonds is 1. The van der Waals surface area contributed by atoms with Gasteiger partial charge in [0, 0.05) is 17.7 Å². The third kappa shape index (κ3) is 1.79. The number of benzene rings is 2. The highest BCUT2D eigenvalue weighted by molar-refractivity contribution is 5.80. The Hall–Kier alpha value is -2.56. The second-order valence-corrected chi connectivity index (χ2v) is 4.49. The highest BCUT2D eigenvalue weighted by atomic mass is 19.1. The van der Waals surface area contributed by atoms with Gasteiger partial charge in [0.25, 0.3) is 0 Å². The maximum absolute atomic E-state index is 13.2. The summed E-state index contributed by atoms with van der Waals surface area (Å²) in [5, 5.41) is 0. The SMILES string of the molecule is Fc1cccc(-c2nc3cc4c(cc3o2)OCCO4)c1. The van der Waals surface area contributed by atoms with Crippen molar-refractivity contribution in [3.63, 3.8) is 0 Å². The van der Waals surface area contributed by atoms with Gasteiger partial charge in [-0.25, -0.2) is 9.37 Å². The first-order chi connectivity index (χ1) is 9.79. The molecule has 1 aromatic heterocycles. The van der Waals surface area contributed by atoms with Gasteiger partial charge in [-0.1, -0.05) is 6.07 Å². The van der Waals surface area contributed by atoms with Crippen molar-refractivity contribution in [2.24, 2.45) is 0 Å². The standard InChI is InChI=1S/C15H10FNO3/c16-10-3-1-2-9(6-10)15-17-11-7-13-14(8-12(11)20-15)19-5-4-18-13/h1-3,6-8H,4-5H2. The van der Waals surface area contributed by atoms with Crippen molar-refractivity contribution in [2.45, 2.75) is 0 Å². The van der Waals surface area contributed by atoms with Crippen LogP contribution in [0.25, 0.3) is 22.6 Å². The molecule has 0 amide bonds. The quantitative estimate of drug-likeness (QED) is 0.680.